The Morgan fingerprint density at radius 3 is 2.42 bits per heavy atom. The summed E-state index contributed by atoms with van der Waals surface area (Å²) in [5.41, 5.74) is 0.203. The predicted molar refractivity (Wildman–Crippen MR) is 83.9 cm³/mol. The van der Waals surface area contributed by atoms with E-state index in [1.54, 1.807) is 0 Å². The number of benzene rings is 2. The topological polar surface area (TPSA) is 55.1 Å². The van der Waals surface area contributed by atoms with Crippen molar-refractivity contribution < 1.29 is 22.5 Å². The van der Waals surface area contributed by atoms with Gasteiger partial charge in [-0.25, -0.2) is 13.2 Å². The van der Waals surface area contributed by atoms with Gasteiger partial charge in [0.1, 0.15) is 11.6 Å². The Morgan fingerprint density at radius 2 is 1.75 bits per heavy atom. The molecule has 1 heterocycles. The molecule has 8 heteroatoms. The third kappa shape index (κ3) is 3.33. The van der Waals surface area contributed by atoms with Gasteiger partial charge in [0.15, 0.2) is 17.3 Å². The molecule has 0 aliphatic carbocycles. The molecule has 0 saturated heterocycles. The molecule has 24 heavy (non-hydrogen) atoms. The van der Waals surface area contributed by atoms with Gasteiger partial charge in [-0.15, -0.1) is 0 Å². The summed E-state index contributed by atoms with van der Waals surface area (Å²) in [5, 5.41) is 5.88. The van der Waals surface area contributed by atoms with Crippen molar-refractivity contribution in [1.82, 2.24) is 5.16 Å². The molecule has 0 spiro atoms. The minimum absolute atomic E-state index is 0.0515. The standard InChI is InChI=1S/C16H8BrF3N2O2/c17-11-5-10(19)6-12(20)15(11)21-16(23)13-7-14(24-22-13)8-1-3-9(18)4-2-8/h1-7H,(H,21,23). The van der Waals surface area contributed by atoms with Gasteiger partial charge in [0, 0.05) is 22.2 Å². The monoisotopic (exact) mass is 396 g/mol. The first-order valence-electron chi connectivity index (χ1n) is 6.62. The number of carbonyl (C=O) groups is 1. The fraction of sp³-hybridized carbons (Fsp3) is 0. The smallest absolute Gasteiger partial charge is 0.277 e. The van der Waals surface area contributed by atoms with Crippen LogP contribution in [0.15, 0.2) is 51.5 Å². The van der Waals surface area contributed by atoms with Crippen LogP contribution in [0.25, 0.3) is 11.3 Å². The average Bonchev–Trinajstić information content (AvgIpc) is 3.01. The lowest BCUT2D eigenvalue weighted by atomic mass is 10.1. The second-order valence-corrected chi connectivity index (χ2v) is 5.64. The highest BCUT2D eigenvalue weighted by atomic mass is 79.9. The molecule has 1 N–H and O–H groups in total. The molecule has 0 atom stereocenters. The highest BCUT2D eigenvalue weighted by Crippen LogP contribution is 2.28. The molecule has 0 aliphatic heterocycles. The van der Waals surface area contributed by atoms with E-state index in [9.17, 15) is 18.0 Å². The summed E-state index contributed by atoms with van der Waals surface area (Å²) in [5.74, 6) is -2.61. The fourth-order valence-corrected chi connectivity index (χ4v) is 2.48. The van der Waals surface area contributed by atoms with Crippen molar-refractivity contribution in [3.8, 4) is 11.3 Å². The summed E-state index contributed by atoms with van der Waals surface area (Å²) in [6, 6.07) is 8.41. The van der Waals surface area contributed by atoms with Gasteiger partial charge in [-0.3, -0.25) is 4.79 Å². The molecule has 0 aliphatic rings. The Kier molecular flexibility index (Phi) is 4.39. The summed E-state index contributed by atoms with van der Waals surface area (Å²) in [6.45, 7) is 0. The zero-order chi connectivity index (χ0) is 17.3. The number of anilines is 1. The maximum atomic E-state index is 13.7. The van der Waals surface area contributed by atoms with Crippen molar-refractivity contribution in [3.05, 3.63) is 70.1 Å². The van der Waals surface area contributed by atoms with Crippen molar-refractivity contribution in [3.63, 3.8) is 0 Å². The largest absolute Gasteiger partial charge is 0.355 e. The van der Waals surface area contributed by atoms with Gasteiger partial charge in [-0.1, -0.05) is 5.16 Å². The number of nitrogens with zero attached hydrogens (tertiary/aromatic N) is 1. The quantitative estimate of drug-likeness (QED) is 0.693. The third-order valence-corrected chi connectivity index (χ3v) is 3.74. The molecule has 1 aromatic heterocycles. The Bertz CT molecular complexity index is 887. The maximum absolute atomic E-state index is 13.7. The molecule has 0 bridgehead atoms. The molecule has 0 saturated carbocycles. The number of carbonyl (C=O) groups excluding carboxylic acids is 1. The lowest BCUT2D eigenvalue weighted by molar-refractivity contribution is 0.101. The molecule has 4 nitrogen and oxygen atoms in total. The van der Waals surface area contributed by atoms with Crippen molar-refractivity contribution in [1.29, 1.82) is 0 Å². The fourth-order valence-electron chi connectivity index (χ4n) is 1.97. The first-order chi connectivity index (χ1) is 11.4. The predicted octanol–water partition coefficient (Wildman–Crippen LogP) is 4.77. The van der Waals surface area contributed by atoms with Crippen LogP contribution in [0.1, 0.15) is 10.5 Å². The van der Waals surface area contributed by atoms with Gasteiger partial charge in [0.25, 0.3) is 5.91 Å². The number of hydrogen-bond acceptors (Lipinski definition) is 3. The number of nitrogens with one attached hydrogen (secondary N) is 1. The normalized spacial score (nSPS) is 10.7. The highest BCUT2D eigenvalue weighted by molar-refractivity contribution is 9.10. The molecule has 3 aromatic rings. The molecular formula is C16H8BrF3N2O2. The van der Waals surface area contributed by atoms with E-state index < -0.39 is 23.4 Å². The maximum Gasteiger partial charge on any atom is 0.277 e. The summed E-state index contributed by atoms with van der Waals surface area (Å²) in [6.07, 6.45) is 0. The van der Waals surface area contributed by atoms with E-state index in [-0.39, 0.29) is 21.6 Å². The van der Waals surface area contributed by atoms with Crippen molar-refractivity contribution in [2.45, 2.75) is 0 Å². The summed E-state index contributed by atoms with van der Waals surface area (Å²) in [7, 11) is 0. The van der Waals surface area contributed by atoms with Crippen LogP contribution in [0, 0.1) is 17.5 Å². The van der Waals surface area contributed by atoms with Crippen LogP contribution in [0.4, 0.5) is 18.9 Å². The Hall–Kier alpha value is -2.61. The first-order valence-corrected chi connectivity index (χ1v) is 7.42. The van der Waals surface area contributed by atoms with Crippen molar-refractivity contribution in [2.24, 2.45) is 0 Å². The van der Waals surface area contributed by atoms with Crippen LogP contribution in [-0.4, -0.2) is 11.1 Å². The van der Waals surface area contributed by atoms with Crippen LogP contribution in [0.3, 0.4) is 0 Å². The number of aromatic nitrogens is 1. The Balaban J connectivity index is 1.83. The van der Waals surface area contributed by atoms with Crippen LogP contribution in [-0.2, 0) is 0 Å². The first kappa shape index (κ1) is 16.3. The van der Waals surface area contributed by atoms with E-state index >= 15 is 0 Å². The van der Waals surface area contributed by atoms with E-state index in [0.29, 0.717) is 11.6 Å². The van der Waals surface area contributed by atoms with E-state index in [0.717, 1.165) is 6.07 Å². The Labute approximate surface area is 142 Å². The number of hydrogen-bond donors (Lipinski definition) is 1. The Morgan fingerprint density at radius 1 is 1.04 bits per heavy atom. The van der Waals surface area contributed by atoms with E-state index in [4.69, 9.17) is 4.52 Å². The number of amides is 1. The average molecular weight is 397 g/mol. The molecule has 1 amide bonds. The third-order valence-electron chi connectivity index (χ3n) is 3.12. The van der Waals surface area contributed by atoms with Crippen LogP contribution in [0.5, 0.6) is 0 Å². The highest BCUT2D eigenvalue weighted by Gasteiger charge is 2.18. The van der Waals surface area contributed by atoms with Gasteiger partial charge >= 0.3 is 0 Å². The SMILES string of the molecule is O=C(Nc1c(F)cc(F)cc1Br)c1cc(-c2ccc(F)cc2)on1. The van der Waals surface area contributed by atoms with Crippen LogP contribution in [0.2, 0.25) is 0 Å². The second kappa shape index (κ2) is 6.48. The van der Waals surface area contributed by atoms with E-state index in [1.807, 2.05) is 0 Å². The summed E-state index contributed by atoms with van der Waals surface area (Å²) in [4.78, 5) is 12.1. The number of halogens is 4. The van der Waals surface area contributed by atoms with Gasteiger partial charge in [-0.2, -0.15) is 0 Å². The zero-order valence-electron chi connectivity index (χ0n) is 11.8. The molecule has 0 radical (unpaired) electrons. The molecule has 0 fully saturated rings. The van der Waals surface area contributed by atoms with E-state index in [1.165, 1.54) is 30.3 Å². The zero-order valence-corrected chi connectivity index (χ0v) is 13.4. The lowest BCUT2D eigenvalue weighted by Gasteiger charge is -2.07. The van der Waals surface area contributed by atoms with E-state index in [2.05, 4.69) is 26.4 Å². The van der Waals surface area contributed by atoms with Gasteiger partial charge < -0.3 is 9.84 Å². The minimum Gasteiger partial charge on any atom is -0.355 e. The minimum atomic E-state index is -0.933. The summed E-state index contributed by atoms with van der Waals surface area (Å²) >= 11 is 2.97. The molecule has 2 aromatic carbocycles. The van der Waals surface area contributed by atoms with Crippen LogP contribution >= 0.6 is 15.9 Å². The molecule has 3 rings (SSSR count). The van der Waals surface area contributed by atoms with Crippen molar-refractivity contribution >= 4 is 27.5 Å². The lowest BCUT2D eigenvalue weighted by Crippen LogP contribution is -2.14. The molecular weight excluding hydrogens is 389 g/mol. The molecule has 0 unspecified atom stereocenters. The van der Waals surface area contributed by atoms with Gasteiger partial charge in [0.2, 0.25) is 0 Å². The second-order valence-electron chi connectivity index (χ2n) is 4.78. The van der Waals surface area contributed by atoms with Crippen molar-refractivity contribution in [2.75, 3.05) is 5.32 Å². The number of rotatable bonds is 3. The summed E-state index contributed by atoms with van der Waals surface area (Å²) < 4.78 is 44.8. The van der Waals surface area contributed by atoms with Gasteiger partial charge in [0.05, 0.1) is 5.69 Å². The van der Waals surface area contributed by atoms with Gasteiger partial charge in [-0.05, 0) is 46.3 Å². The van der Waals surface area contributed by atoms with Crippen LogP contribution < -0.4 is 5.32 Å². The molecule has 122 valence electrons.